The van der Waals surface area contributed by atoms with Gasteiger partial charge in [-0.25, -0.2) is 0 Å². The molecule has 0 saturated heterocycles. The van der Waals surface area contributed by atoms with Crippen molar-refractivity contribution in [3.63, 3.8) is 0 Å². The molecule has 3 rings (SSSR count). The van der Waals surface area contributed by atoms with E-state index in [2.05, 4.69) is 10.3 Å². The summed E-state index contributed by atoms with van der Waals surface area (Å²) in [6.07, 6.45) is 4.83. The van der Waals surface area contributed by atoms with Gasteiger partial charge in [-0.3, -0.25) is 14.6 Å². The molecule has 1 saturated carbocycles. The van der Waals surface area contributed by atoms with Crippen molar-refractivity contribution in [3.8, 4) is 11.3 Å². The lowest BCUT2D eigenvalue weighted by atomic mass is 10.0. The van der Waals surface area contributed by atoms with E-state index in [1.54, 1.807) is 18.3 Å². The fourth-order valence-electron chi connectivity index (χ4n) is 2.34. The lowest BCUT2D eigenvalue weighted by Crippen LogP contribution is -2.25. The van der Waals surface area contributed by atoms with E-state index in [1.165, 1.54) is 12.8 Å². The molecule has 0 atom stereocenters. The van der Waals surface area contributed by atoms with Gasteiger partial charge in [0.2, 0.25) is 0 Å². The average Bonchev–Trinajstić information content (AvgIpc) is 3.38. The highest BCUT2D eigenvalue weighted by atomic mass is 16.1. The Kier molecular flexibility index (Phi) is 4.00. The molecule has 1 aliphatic carbocycles. The maximum Gasteiger partial charge on any atom is 0.252 e. The van der Waals surface area contributed by atoms with E-state index < -0.39 is 0 Å². The number of pyridine rings is 1. The molecule has 112 valence electrons. The van der Waals surface area contributed by atoms with Crippen LogP contribution >= 0.6 is 0 Å². The standard InChI is InChI=1S/C18H18N2O2/c1-12-2-3-14(11-21)8-16(12)17-7-6-15(10-19-17)18(22)20-9-13-4-5-13/h2-3,6-8,10-11,13H,4-5,9H2,1H3,(H,20,22). The topological polar surface area (TPSA) is 59.1 Å². The van der Waals surface area contributed by atoms with Crippen LogP contribution < -0.4 is 5.32 Å². The van der Waals surface area contributed by atoms with E-state index in [4.69, 9.17) is 0 Å². The Morgan fingerprint density at radius 3 is 2.77 bits per heavy atom. The van der Waals surface area contributed by atoms with E-state index >= 15 is 0 Å². The first-order valence-corrected chi connectivity index (χ1v) is 7.48. The second-order valence-corrected chi connectivity index (χ2v) is 5.78. The van der Waals surface area contributed by atoms with E-state index in [0.717, 1.165) is 29.7 Å². The second-order valence-electron chi connectivity index (χ2n) is 5.78. The number of aldehydes is 1. The van der Waals surface area contributed by atoms with Crippen molar-refractivity contribution in [2.45, 2.75) is 19.8 Å². The molecule has 1 aromatic heterocycles. The molecule has 1 aliphatic rings. The monoisotopic (exact) mass is 294 g/mol. The lowest BCUT2D eigenvalue weighted by Gasteiger charge is -2.08. The molecule has 4 heteroatoms. The van der Waals surface area contributed by atoms with Crippen LogP contribution in [0, 0.1) is 12.8 Å². The van der Waals surface area contributed by atoms with Gasteiger partial charge in [-0.05, 0) is 49.4 Å². The summed E-state index contributed by atoms with van der Waals surface area (Å²) in [7, 11) is 0. The summed E-state index contributed by atoms with van der Waals surface area (Å²) in [5, 5.41) is 2.92. The fourth-order valence-corrected chi connectivity index (χ4v) is 2.34. The van der Waals surface area contributed by atoms with Gasteiger partial charge in [0.25, 0.3) is 5.91 Å². The SMILES string of the molecule is Cc1ccc(C=O)cc1-c1ccc(C(=O)NCC2CC2)cn1. The van der Waals surface area contributed by atoms with Crippen LogP contribution in [0.15, 0.2) is 36.5 Å². The molecule has 0 bridgehead atoms. The van der Waals surface area contributed by atoms with Crippen molar-refractivity contribution >= 4 is 12.2 Å². The highest BCUT2D eigenvalue weighted by molar-refractivity contribution is 5.94. The molecule has 2 aromatic rings. The predicted molar refractivity (Wildman–Crippen MR) is 84.9 cm³/mol. The molecular weight excluding hydrogens is 276 g/mol. The highest BCUT2D eigenvalue weighted by Gasteiger charge is 2.21. The Labute approximate surface area is 129 Å². The summed E-state index contributed by atoms with van der Waals surface area (Å²) in [4.78, 5) is 27.3. The van der Waals surface area contributed by atoms with Gasteiger partial charge in [0, 0.05) is 23.9 Å². The minimum atomic E-state index is -0.0793. The first kappa shape index (κ1) is 14.4. The minimum absolute atomic E-state index is 0.0793. The Morgan fingerprint density at radius 1 is 1.32 bits per heavy atom. The summed E-state index contributed by atoms with van der Waals surface area (Å²) in [5.74, 6) is 0.578. The van der Waals surface area contributed by atoms with E-state index in [0.29, 0.717) is 17.0 Å². The lowest BCUT2D eigenvalue weighted by molar-refractivity contribution is 0.0951. The second kappa shape index (κ2) is 6.10. The van der Waals surface area contributed by atoms with Crippen molar-refractivity contribution in [2.24, 2.45) is 5.92 Å². The molecule has 0 radical (unpaired) electrons. The number of benzene rings is 1. The number of hydrogen-bond donors (Lipinski definition) is 1. The number of carbonyl (C=O) groups is 2. The number of aromatic nitrogens is 1. The molecule has 0 aliphatic heterocycles. The van der Waals surface area contributed by atoms with Crippen LogP contribution in [0.2, 0.25) is 0 Å². The number of carbonyl (C=O) groups excluding carboxylic acids is 2. The molecule has 1 N–H and O–H groups in total. The van der Waals surface area contributed by atoms with Crippen LogP contribution in [-0.4, -0.2) is 23.7 Å². The summed E-state index contributed by atoms with van der Waals surface area (Å²) < 4.78 is 0. The Balaban J connectivity index is 1.78. The Hall–Kier alpha value is -2.49. The highest BCUT2D eigenvalue weighted by Crippen LogP contribution is 2.27. The number of hydrogen-bond acceptors (Lipinski definition) is 3. The molecule has 0 spiro atoms. The molecule has 1 aromatic carbocycles. The fraction of sp³-hybridized carbons (Fsp3) is 0.278. The zero-order valence-corrected chi connectivity index (χ0v) is 12.5. The van der Waals surface area contributed by atoms with Crippen LogP contribution in [0.4, 0.5) is 0 Å². The molecule has 4 nitrogen and oxygen atoms in total. The van der Waals surface area contributed by atoms with Crippen molar-refractivity contribution in [1.82, 2.24) is 10.3 Å². The third-order valence-corrected chi connectivity index (χ3v) is 3.95. The van der Waals surface area contributed by atoms with Crippen molar-refractivity contribution < 1.29 is 9.59 Å². The average molecular weight is 294 g/mol. The van der Waals surface area contributed by atoms with Crippen LogP contribution in [0.3, 0.4) is 0 Å². The van der Waals surface area contributed by atoms with Crippen molar-refractivity contribution in [3.05, 3.63) is 53.2 Å². The quantitative estimate of drug-likeness (QED) is 0.862. The normalized spacial score (nSPS) is 13.7. The predicted octanol–water partition coefficient (Wildman–Crippen LogP) is 3.01. The third-order valence-electron chi connectivity index (χ3n) is 3.95. The molecule has 22 heavy (non-hydrogen) atoms. The maximum absolute atomic E-state index is 12.0. The Morgan fingerprint density at radius 2 is 2.14 bits per heavy atom. The minimum Gasteiger partial charge on any atom is -0.352 e. The molecule has 1 heterocycles. The summed E-state index contributed by atoms with van der Waals surface area (Å²) in [6, 6.07) is 9.10. The zero-order chi connectivity index (χ0) is 15.5. The van der Waals surface area contributed by atoms with Gasteiger partial charge in [-0.15, -0.1) is 0 Å². The smallest absolute Gasteiger partial charge is 0.252 e. The van der Waals surface area contributed by atoms with Gasteiger partial charge in [-0.2, -0.15) is 0 Å². The van der Waals surface area contributed by atoms with Crippen molar-refractivity contribution in [1.29, 1.82) is 0 Å². The number of nitrogens with one attached hydrogen (secondary N) is 1. The third kappa shape index (κ3) is 3.22. The van der Waals surface area contributed by atoms with Crippen molar-refractivity contribution in [2.75, 3.05) is 6.54 Å². The summed E-state index contributed by atoms with van der Waals surface area (Å²) in [6.45, 7) is 2.73. The number of amides is 1. The van der Waals surface area contributed by atoms with Gasteiger partial charge >= 0.3 is 0 Å². The van der Waals surface area contributed by atoms with Gasteiger partial charge in [-0.1, -0.05) is 12.1 Å². The van der Waals surface area contributed by atoms with Gasteiger partial charge in [0.05, 0.1) is 11.3 Å². The van der Waals surface area contributed by atoms with E-state index in [9.17, 15) is 9.59 Å². The number of aryl methyl sites for hydroxylation is 1. The van der Waals surface area contributed by atoms with Crippen LogP contribution in [0.25, 0.3) is 11.3 Å². The maximum atomic E-state index is 12.0. The number of rotatable bonds is 5. The largest absolute Gasteiger partial charge is 0.352 e. The van der Waals surface area contributed by atoms with Crippen LogP contribution in [0.1, 0.15) is 39.1 Å². The summed E-state index contributed by atoms with van der Waals surface area (Å²) >= 11 is 0. The van der Waals surface area contributed by atoms with Gasteiger partial charge in [0.15, 0.2) is 0 Å². The summed E-state index contributed by atoms with van der Waals surface area (Å²) in [5.41, 5.74) is 3.90. The van der Waals surface area contributed by atoms with Gasteiger partial charge in [0.1, 0.15) is 6.29 Å². The molecule has 0 unspecified atom stereocenters. The zero-order valence-electron chi connectivity index (χ0n) is 12.5. The Bertz CT molecular complexity index is 704. The molecule has 1 fully saturated rings. The van der Waals surface area contributed by atoms with E-state index in [-0.39, 0.29) is 5.91 Å². The number of nitrogens with zero attached hydrogens (tertiary/aromatic N) is 1. The first-order chi connectivity index (χ1) is 10.7. The van der Waals surface area contributed by atoms with Crippen LogP contribution in [-0.2, 0) is 0 Å². The van der Waals surface area contributed by atoms with E-state index in [1.807, 2.05) is 25.1 Å². The molecule has 1 amide bonds. The van der Waals surface area contributed by atoms with Gasteiger partial charge < -0.3 is 5.32 Å². The molecular formula is C18H18N2O2. The van der Waals surface area contributed by atoms with Crippen LogP contribution in [0.5, 0.6) is 0 Å². The first-order valence-electron chi connectivity index (χ1n) is 7.48.